The molecule has 0 bridgehead atoms. The lowest BCUT2D eigenvalue weighted by Crippen LogP contribution is -2.40. The van der Waals surface area contributed by atoms with Gasteiger partial charge >= 0.3 is 12.0 Å². The summed E-state index contributed by atoms with van der Waals surface area (Å²) in [6.07, 6.45) is 0.0187. The van der Waals surface area contributed by atoms with E-state index in [4.69, 9.17) is 16.7 Å². The molecule has 0 fully saturated rings. The zero-order chi connectivity index (χ0) is 21.0. The quantitative estimate of drug-likeness (QED) is 0.590. The van der Waals surface area contributed by atoms with Crippen LogP contribution in [0.2, 0.25) is 5.02 Å². The number of carbonyl (C=O) groups is 2. The van der Waals surface area contributed by atoms with E-state index < -0.39 is 30.0 Å². The van der Waals surface area contributed by atoms with Crippen molar-refractivity contribution in [1.29, 1.82) is 0 Å². The highest BCUT2D eigenvalue weighted by Crippen LogP contribution is 2.27. The average Bonchev–Trinajstić information content (AvgIpc) is 2.70. The predicted molar refractivity (Wildman–Crippen MR) is 106 cm³/mol. The fourth-order valence-corrected chi connectivity index (χ4v) is 2.91. The van der Waals surface area contributed by atoms with Gasteiger partial charge in [0.25, 0.3) is 5.56 Å². The van der Waals surface area contributed by atoms with E-state index in [0.29, 0.717) is 20.7 Å². The van der Waals surface area contributed by atoms with Crippen molar-refractivity contribution in [2.24, 2.45) is 0 Å². The van der Waals surface area contributed by atoms with Crippen molar-refractivity contribution in [2.45, 2.75) is 6.42 Å². The summed E-state index contributed by atoms with van der Waals surface area (Å²) in [6, 6.07) is 14.3. The van der Waals surface area contributed by atoms with E-state index in [1.54, 1.807) is 54.6 Å². The molecule has 0 atom stereocenters. The van der Waals surface area contributed by atoms with Crippen molar-refractivity contribution < 1.29 is 19.8 Å². The smallest absolute Gasteiger partial charge is 0.332 e. The molecule has 0 spiro atoms. The molecular weight excluding hydrogens is 398 g/mol. The number of rotatable bonds is 5. The number of aromatic hydroxyl groups is 1. The molecule has 148 valence electrons. The van der Waals surface area contributed by atoms with Gasteiger partial charge in [-0.2, -0.15) is 4.57 Å². The van der Waals surface area contributed by atoms with Crippen molar-refractivity contribution in [3.8, 4) is 17.1 Å². The highest BCUT2D eigenvalue weighted by molar-refractivity contribution is 6.31. The Morgan fingerprint density at radius 1 is 1.07 bits per heavy atom. The Labute approximate surface area is 170 Å². The van der Waals surface area contributed by atoms with Gasteiger partial charge in [0, 0.05) is 17.0 Å². The van der Waals surface area contributed by atoms with Crippen LogP contribution in [0.5, 0.6) is 5.88 Å². The standard InChI is InChI=1S/C20H16ClN3O5/c21-14-9-5-4-8-13(14)10-15-18(27)24(20(29)22-11-16(25)26)19(28)17(23-15)12-6-2-1-3-7-12/h1-9,28H,10-11H2,(H,22,29)(H,25,26). The van der Waals surface area contributed by atoms with Gasteiger partial charge in [-0.15, -0.1) is 0 Å². The van der Waals surface area contributed by atoms with Crippen LogP contribution in [0.25, 0.3) is 11.3 Å². The maximum atomic E-state index is 12.9. The monoisotopic (exact) mass is 413 g/mol. The normalized spacial score (nSPS) is 10.5. The minimum Gasteiger partial charge on any atom is -0.492 e. The molecule has 1 amide bonds. The number of halogens is 1. The summed E-state index contributed by atoms with van der Waals surface area (Å²) in [7, 11) is 0. The highest BCUT2D eigenvalue weighted by Gasteiger charge is 2.22. The first kappa shape index (κ1) is 20.1. The summed E-state index contributed by atoms with van der Waals surface area (Å²) >= 11 is 6.17. The van der Waals surface area contributed by atoms with E-state index in [0.717, 1.165) is 0 Å². The molecule has 1 heterocycles. The lowest BCUT2D eigenvalue weighted by atomic mass is 10.1. The first-order valence-corrected chi connectivity index (χ1v) is 8.90. The third-order valence-corrected chi connectivity index (χ3v) is 4.45. The minimum absolute atomic E-state index is 0.0118. The van der Waals surface area contributed by atoms with Gasteiger partial charge in [0.1, 0.15) is 17.9 Å². The molecule has 0 unspecified atom stereocenters. The lowest BCUT2D eigenvalue weighted by Gasteiger charge is -2.14. The van der Waals surface area contributed by atoms with E-state index in [1.165, 1.54) is 0 Å². The molecule has 0 saturated heterocycles. The van der Waals surface area contributed by atoms with Gasteiger partial charge in [-0.05, 0) is 11.6 Å². The van der Waals surface area contributed by atoms with Gasteiger partial charge < -0.3 is 15.5 Å². The van der Waals surface area contributed by atoms with E-state index in [9.17, 15) is 19.5 Å². The number of carboxylic acid groups (broad SMARTS) is 1. The molecule has 29 heavy (non-hydrogen) atoms. The van der Waals surface area contributed by atoms with Crippen LogP contribution >= 0.6 is 11.6 Å². The molecule has 3 rings (SSSR count). The number of aromatic nitrogens is 2. The SMILES string of the molecule is O=C(O)CNC(=O)n1c(O)c(-c2ccccc2)nc(Cc2ccccc2Cl)c1=O. The number of hydrogen-bond acceptors (Lipinski definition) is 5. The van der Waals surface area contributed by atoms with Gasteiger partial charge in [-0.25, -0.2) is 9.78 Å². The lowest BCUT2D eigenvalue weighted by molar-refractivity contribution is -0.135. The first-order valence-electron chi connectivity index (χ1n) is 8.52. The third-order valence-electron chi connectivity index (χ3n) is 4.08. The van der Waals surface area contributed by atoms with Crippen molar-refractivity contribution in [3.05, 3.63) is 81.2 Å². The zero-order valence-corrected chi connectivity index (χ0v) is 15.8. The van der Waals surface area contributed by atoms with Crippen LogP contribution in [0, 0.1) is 0 Å². The number of nitrogens with one attached hydrogen (secondary N) is 1. The fourth-order valence-electron chi connectivity index (χ4n) is 2.71. The molecule has 8 nitrogen and oxygen atoms in total. The fraction of sp³-hybridized carbons (Fsp3) is 0.100. The predicted octanol–water partition coefficient (Wildman–Crippen LogP) is 2.50. The number of benzene rings is 2. The molecule has 0 aliphatic rings. The summed E-state index contributed by atoms with van der Waals surface area (Å²) in [5.74, 6) is -1.98. The molecule has 2 aromatic carbocycles. The van der Waals surface area contributed by atoms with Crippen molar-refractivity contribution in [1.82, 2.24) is 14.9 Å². The van der Waals surface area contributed by atoms with Gasteiger partial charge in [0.2, 0.25) is 5.88 Å². The number of nitrogens with zero attached hydrogens (tertiary/aromatic N) is 2. The van der Waals surface area contributed by atoms with Crippen LogP contribution in [0.15, 0.2) is 59.4 Å². The first-order chi connectivity index (χ1) is 13.9. The highest BCUT2D eigenvalue weighted by atomic mass is 35.5. The van der Waals surface area contributed by atoms with Crippen LogP contribution in [0.3, 0.4) is 0 Å². The van der Waals surface area contributed by atoms with E-state index >= 15 is 0 Å². The van der Waals surface area contributed by atoms with Crippen LogP contribution in [-0.4, -0.2) is 38.3 Å². The summed E-state index contributed by atoms with van der Waals surface area (Å²) in [6.45, 7) is -0.715. The second kappa shape index (κ2) is 8.57. The summed E-state index contributed by atoms with van der Waals surface area (Å²) in [4.78, 5) is 40.3. The molecule has 9 heteroatoms. The largest absolute Gasteiger partial charge is 0.492 e. The Bertz CT molecular complexity index is 1130. The molecule has 3 N–H and O–H groups in total. The van der Waals surface area contributed by atoms with Gasteiger partial charge in [-0.3, -0.25) is 9.59 Å². The average molecular weight is 414 g/mol. The Morgan fingerprint density at radius 2 is 1.72 bits per heavy atom. The maximum absolute atomic E-state index is 12.9. The van der Waals surface area contributed by atoms with E-state index in [2.05, 4.69) is 10.3 Å². The van der Waals surface area contributed by atoms with E-state index in [1.807, 2.05) is 0 Å². The number of hydrogen-bond donors (Lipinski definition) is 3. The number of carbonyl (C=O) groups excluding carboxylic acids is 1. The third kappa shape index (κ3) is 4.44. The molecule has 3 aromatic rings. The molecule has 0 saturated carbocycles. The number of amides is 1. The Morgan fingerprint density at radius 3 is 2.38 bits per heavy atom. The van der Waals surface area contributed by atoms with Crippen LogP contribution < -0.4 is 10.9 Å². The Hall–Kier alpha value is -3.65. The number of aliphatic carboxylic acids is 1. The summed E-state index contributed by atoms with van der Waals surface area (Å²) < 4.78 is 0.477. The second-order valence-corrected chi connectivity index (χ2v) is 6.47. The topological polar surface area (TPSA) is 122 Å². The molecule has 0 radical (unpaired) electrons. The minimum atomic E-state index is -1.29. The molecule has 0 aliphatic heterocycles. The number of carboxylic acids is 1. The van der Waals surface area contributed by atoms with Crippen LogP contribution in [-0.2, 0) is 11.2 Å². The summed E-state index contributed by atoms with van der Waals surface area (Å²) in [5, 5.41) is 21.8. The summed E-state index contributed by atoms with van der Waals surface area (Å²) in [5.41, 5.74) is 0.203. The van der Waals surface area contributed by atoms with Crippen molar-refractivity contribution >= 4 is 23.6 Å². The van der Waals surface area contributed by atoms with E-state index in [-0.39, 0.29) is 17.8 Å². The van der Waals surface area contributed by atoms with Crippen LogP contribution in [0.1, 0.15) is 11.3 Å². The Balaban J connectivity index is 2.16. The molecule has 1 aromatic heterocycles. The van der Waals surface area contributed by atoms with Gasteiger partial charge in [0.05, 0.1) is 0 Å². The molecule has 0 aliphatic carbocycles. The molecular formula is C20H16ClN3O5. The van der Waals surface area contributed by atoms with Gasteiger partial charge in [-0.1, -0.05) is 60.1 Å². The Kier molecular flexibility index (Phi) is 5.94. The van der Waals surface area contributed by atoms with Crippen molar-refractivity contribution in [3.63, 3.8) is 0 Å². The second-order valence-electron chi connectivity index (χ2n) is 6.06. The maximum Gasteiger partial charge on any atom is 0.332 e. The zero-order valence-electron chi connectivity index (χ0n) is 15.0. The van der Waals surface area contributed by atoms with Gasteiger partial charge in [0.15, 0.2) is 0 Å². The van der Waals surface area contributed by atoms with Crippen molar-refractivity contribution in [2.75, 3.05) is 6.54 Å². The van der Waals surface area contributed by atoms with Crippen LogP contribution in [0.4, 0.5) is 4.79 Å².